The summed E-state index contributed by atoms with van der Waals surface area (Å²) < 4.78 is 4.87. The van der Waals surface area contributed by atoms with E-state index in [0.717, 1.165) is 5.01 Å². The number of hydrogen-bond acceptors (Lipinski definition) is 5. The van der Waals surface area contributed by atoms with E-state index in [-0.39, 0.29) is 19.0 Å². The van der Waals surface area contributed by atoms with E-state index >= 15 is 0 Å². The van der Waals surface area contributed by atoms with Crippen LogP contribution in [0.3, 0.4) is 0 Å². The first-order valence-corrected chi connectivity index (χ1v) is 7.05. The fraction of sp³-hybridized carbons (Fsp3) is 0.583. The first-order valence-electron chi connectivity index (χ1n) is 6.17. The standard InChI is InChI=1S/C12H19N3O4S/c1-9(11-13-3-6-20-11)7-14-12(18)15(4-5-19-2)8-10(16)17/h3,6,9H,4-5,7-8H2,1-2H3,(H,14,18)(H,16,17). The number of ether oxygens (including phenoxy) is 1. The van der Waals surface area contributed by atoms with Crippen molar-refractivity contribution in [2.24, 2.45) is 0 Å². The molecule has 0 saturated carbocycles. The Morgan fingerprint density at radius 1 is 1.60 bits per heavy atom. The molecule has 0 fully saturated rings. The van der Waals surface area contributed by atoms with E-state index in [9.17, 15) is 9.59 Å². The number of carbonyl (C=O) groups excluding carboxylic acids is 1. The maximum Gasteiger partial charge on any atom is 0.323 e. The Bertz CT molecular complexity index is 424. The number of carboxylic acids is 1. The van der Waals surface area contributed by atoms with Crippen molar-refractivity contribution >= 4 is 23.3 Å². The smallest absolute Gasteiger partial charge is 0.323 e. The van der Waals surface area contributed by atoms with Gasteiger partial charge in [-0.05, 0) is 0 Å². The molecular formula is C12H19N3O4S. The van der Waals surface area contributed by atoms with Crippen molar-refractivity contribution in [2.75, 3.05) is 33.4 Å². The summed E-state index contributed by atoms with van der Waals surface area (Å²) in [7, 11) is 1.50. The Labute approximate surface area is 121 Å². The van der Waals surface area contributed by atoms with Gasteiger partial charge in [0.1, 0.15) is 6.54 Å². The lowest BCUT2D eigenvalue weighted by atomic mass is 10.2. The van der Waals surface area contributed by atoms with Gasteiger partial charge in [-0.1, -0.05) is 6.92 Å². The molecule has 0 spiro atoms. The van der Waals surface area contributed by atoms with Gasteiger partial charge in [0.25, 0.3) is 0 Å². The first-order chi connectivity index (χ1) is 9.54. The molecular weight excluding hydrogens is 282 g/mol. The second-order valence-electron chi connectivity index (χ2n) is 4.27. The van der Waals surface area contributed by atoms with Gasteiger partial charge >= 0.3 is 12.0 Å². The number of aromatic nitrogens is 1. The summed E-state index contributed by atoms with van der Waals surface area (Å²) in [6.07, 6.45) is 1.72. The molecule has 0 aliphatic carbocycles. The molecule has 112 valence electrons. The lowest BCUT2D eigenvalue weighted by Gasteiger charge is -2.21. The molecule has 8 heteroatoms. The number of nitrogens with zero attached hydrogens (tertiary/aromatic N) is 2. The van der Waals surface area contributed by atoms with Crippen molar-refractivity contribution in [3.05, 3.63) is 16.6 Å². The van der Waals surface area contributed by atoms with Crippen LogP contribution < -0.4 is 5.32 Å². The maximum atomic E-state index is 11.9. The zero-order valence-electron chi connectivity index (χ0n) is 11.5. The third-order valence-electron chi connectivity index (χ3n) is 2.61. The van der Waals surface area contributed by atoms with Gasteiger partial charge < -0.3 is 20.1 Å². The molecule has 7 nitrogen and oxygen atoms in total. The monoisotopic (exact) mass is 301 g/mol. The minimum Gasteiger partial charge on any atom is -0.480 e. The highest BCUT2D eigenvalue weighted by molar-refractivity contribution is 7.09. The van der Waals surface area contributed by atoms with Gasteiger partial charge in [-0.25, -0.2) is 9.78 Å². The van der Waals surface area contributed by atoms with E-state index in [4.69, 9.17) is 9.84 Å². The summed E-state index contributed by atoms with van der Waals surface area (Å²) in [6.45, 7) is 2.55. The maximum absolute atomic E-state index is 11.9. The summed E-state index contributed by atoms with van der Waals surface area (Å²) in [5.74, 6) is -0.961. The van der Waals surface area contributed by atoms with Gasteiger partial charge in [-0.2, -0.15) is 0 Å². The predicted octanol–water partition coefficient (Wildman–Crippen LogP) is 0.989. The molecule has 2 N–H and O–H groups in total. The zero-order chi connectivity index (χ0) is 15.0. The third-order valence-corrected chi connectivity index (χ3v) is 3.62. The van der Waals surface area contributed by atoms with Crippen LogP contribution in [0.15, 0.2) is 11.6 Å². The van der Waals surface area contributed by atoms with Crippen LogP contribution in [-0.4, -0.2) is 60.3 Å². The number of nitrogens with one attached hydrogen (secondary N) is 1. The molecule has 1 atom stereocenters. The van der Waals surface area contributed by atoms with Crippen molar-refractivity contribution < 1.29 is 19.4 Å². The van der Waals surface area contributed by atoms with Crippen molar-refractivity contribution in [2.45, 2.75) is 12.8 Å². The molecule has 0 saturated heterocycles. The highest BCUT2D eigenvalue weighted by atomic mass is 32.1. The Balaban J connectivity index is 2.46. The molecule has 0 radical (unpaired) electrons. The topological polar surface area (TPSA) is 91.8 Å². The Morgan fingerprint density at radius 2 is 2.35 bits per heavy atom. The zero-order valence-corrected chi connectivity index (χ0v) is 12.4. The van der Waals surface area contributed by atoms with Crippen molar-refractivity contribution in [3.63, 3.8) is 0 Å². The molecule has 0 aliphatic rings. The first kappa shape index (κ1) is 16.4. The number of amides is 2. The average Bonchev–Trinajstić information content (AvgIpc) is 2.94. The van der Waals surface area contributed by atoms with Gasteiger partial charge in [-0.15, -0.1) is 11.3 Å². The van der Waals surface area contributed by atoms with E-state index in [1.165, 1.54) is 23.3 Å². The molecule has 1 unspecified atom stereocenters. The Kier molecular flexibility index (Phi) is 6.96. The van der Waals surface area contributed by atoms with E-state index in [1.54, 1.807) is 6.20 Å². The van der Waals surface area contributed by atoms with Crippen LogP contribution in [0.2, 0.25) is 0 Å². The summed E-state index contributed by atoms with van der Waals surface area (Å²) >= 11 is 1.53. The van der Waals surface area contributed by atoms with Crippen LogP contribution in [0.5, 0.6) is 0 Å². The normalized spacial score (nSPS) is 11.9. The lowest BCUT2D eigenvalue weighted by molar-refractivity contribution is -0.137. The molecule has 1 rings (SSSR count). The highest BCUT2D eigenvalue weighted by Crippen LogP contribution is 2.16. The lowest BCUT2D eigenvalue weighted by Crippen LogP contribution is -2.45. The number of methoxy groups -OCH3 is 1. The van der Waals surface area contributed by atoms with Gasteiger partial charge in [0.15, 0.2) is 0 Å². The van der Waals surface area contributed by atoms with Gasteiger partial charge in [0.05, 0.1) is 11.6 Å². The fourth-order valence-corrected chi connectivity index (χ4v) is 2.23. The fourth-order valence-electron chi connectivity index (χ4n) is 1.53. The minimum absolute atomic E-state index is 0.0908. The van der Waals surface area contributed by atoms with Crippen LogP contribution in [0.4, 0.5) is 4.79 Å². The molecule has 2 amide bonds. The summed E-state index contributed by atoms with van der Waals surface area (Å²) in [5, 5.41) is 14.3. The molecule has 1 aromatic rings. The van der Waals surface area contributed by atoms with Crippen LogP contribution in [0.1, 0.15) is 17.8 Å². The minimum atomic E-state index is -1.05. The molecule has 1 heterocycles. The molecule has 0 aliphatic heterocycles. The molecule has 20 heavy (non-hydrogen) atoms. The van der Waals surface area contributed by atoms with Crippen LogP contribution >= 0.6 is 11.3 Å². The Morgan fingerprint density at radius 3 is 2.90 bits per heavy atom. The second-order valence-corrected chi connectivity index (χ2v) is 5.19. The van der Waals surface area contributed by atoms with E-state index in [1.807, 2.05) is 12.3 Å². The number of rotatable bonds is 8. The largest absolute Gasteiger partial charge is 0.480 e. The van der Waals surface area contributed by atoms with Crippen molar-refractivity contribution in [1.82, 2.24) is 15.2 Å². The van der Waals surface area contributed by atoms with E-state index in [0.29, 0.717) is 13.2 Å². The van der Waals surface area contributed by atoms with E-state index in [2.05, 4.69) is 10.3 Å². The average molecular weight is 301 g/mol. The summed E-state index contributed by atoms with van der Waals surface area (Å²) in [5.41, 5.74) is 0. The van der Waals surface area contributed by atoms with Crippen LogP contribution in [0, 0.1) is 0 Å². The van der Waals surface area contributed by atoms with Crippen LogP contribution in [0.25, 0.3) is 0 Å². The van der Waals surface area contributed by atoms with Gasteiger partial charge in [0.2, 0.25) is 0 Å². The SMILES string of the molecule is COCCN(CC(=O)O)C(=O)NCC(C)c1nccs1. The number of hydrogen-bond donors (Lipinski definition) is 2. The molecule has 0 aromatic carbocycles. The number of carboxylic acid groups (broad SMARTS) is 1. The summed E-state index contributed by atoms with van der Waals surface area (Å²) in [6, 6.07) is -0.409. The van der Waals surface area contributed by atoms with E-state index < -0.39 is 12.0 Å². The molecule has 1 aromatic heterocycles. The third kappa shape index (κ3) is 5.54. The highest BCUT2D eigenvalue weighted by Gasteiger charge is 2.17. The number of carbonyl (C=O) groups is 2. The Hall–Kier alpha value is -1.67. The number of aliphatic carboxylic acids is 1. The van der Waals surface area contributed by atoms with Crippen molar-refractivity contribution in [1.29, 1.82) is 0 Å². The molecule has 0 bridgehead atoms. The number of thiazole rings is 1. The summed E-state index contributed by atoms with van der Waals surface area (Å²) in [4.78, 5) is 28.1. The van der Waals surface area contributed by atoms with Gasteiger partial charge in [-0.3, -0.25) is 4.79 Å². The predicted molar refractivity (Wildman–Crippen MR) is 75.0 cm³/mol. The van der Waals surface area contributed by atoms with Crippen LogP contribution in [-0.2, 0) is 9.53 Å². The second kappa shape index (κ2) is 8.49. The quantitative estimate of drug-likeness (QED) is 0.747. The van der Waals surface area contributed by atoms with Gasteiger partial charge in [0, 0.05) is 37.7 Å². The number of urea groups is 1. The van der Waals surface area contributed by atoms with Crippen molar-refractivity contribution in [3.8, 4) is 0 Å².